The van der Waals surface area contributed by atoms with Crippen LogP contribution in [0.5, 0.6) is 0 Å². The molecule has 0 unspecified atom stereocenters. The quantitative estimate of drug-likeness (QED) is 0.584. The number of amides is 2. The molecule has 2 aliphatic rings. The van der Waals surface area contributed by atoms with Gasteiger partial charge in [0.1, 0.15) is 0 Å². The van der Waals surface area contributed by atoms with Gasteiger partial charge in [-0.15, -0.1) is 0 Å². The van der Waals surface area contributed by atoms with Gasteiger partial charge in [0, 0.05) is 30.9 Å². The Kier molecular flexibility index (Phi) is 8.54. The predicted octanol–water partition coefficient (Wildman–Crippen LogP) is 4.68. The van der Waals surface area contributed by atoms with Crippen molar-refractivity contribution >= 4 is 17.5 Å². The van der Waals surface area contributed by atoms with Gasteiger partial charge in [0.25, 0.3) is 5.91 Å². The van der Waals surface area contributed by atoms with Crippen LogP contribution in [0.25, 0.3) is 0 Å². The average molecular weight is 518 g/mol. The maximum absolute atomic E-state index is 13.2. The normalized spacial score (nSPS) is 18.1. The van der Waals surface area contributed by atoms with Crippen molar-refractivity contribution in [3.8, 4) is 0 Å². The van der Waals surface area contributed by atoms with E-state index < -0.39 is 11.7 Å². The van der Waals surface area contributed by atoms with E-state index in [0.717, 1.165) is 49.2 Å². The van der Waals surface area contributed by atoms with Gasteiger partial charge in [-0.1, -0.05) is 18.2 Å². The molecule has 2 saturated heterocycles. The van der Waals surface area contributed by atoms with Gasteiger partial charge in [-0.3, -0.25) is 14.5 Å². The van der Waals surface area contributed by atoms with Crippen molar-refractivity contribution in [2.24, 2.45) is 5.92 Å². The molecule has 2 aromatic carbocycles. The Morgan fingerprint density at radius 2 is 1.62 bits per heavy atom. The van der Waals surface area contributed by atoms with E-state index in [0.29, 0.717) is 43.1 Å². The molecule has 0 spiro atoms. The third-order valence-corrected chi connectivity index (χ3v) is 7.58. The molecule has 0 aromatic heterocycles. The minimum Gasteiger partial charge on any atom is -0.396 e. The number of hydrogen-bond donors (Lipinski definition) is 2. The number of hydrogen-bond acceptors (Lipinski definition) is 4. The fraction of sp³-hybridized carbons (Fsp3) is 0.500. The zero-order valence-electron chi connectivity index (χ0n) is 21.1. The molecular weight excluding hydrogens is 483 g/mol. The highest BCUT2D eigenvalue weighted by Crippen LogP contribution is 2.33. The Bertz CT molecular complexity index is 1090. The Hall–Kier alpha value is -2.91. The fourth-order valence-corrected chi connectivity index (χ4v) is 5.15. The molecule has 2 aromatic rings. The summed E-state index contributed by atoms with van der Waals surface area (Å²) in [5, 5.41) is 12.2. The number of aliphatic hydroxyl groups excluding tert-OH is 1. The van der Waals surface area contributed by atoms with Gasteiger partial charge < -0.3 is 15.3 Å². The standard InChI is InChI=1S/C28H34F3N3O3/c1-19-2-3-23(16-25(19)32-26(36)17-33-12-8-20(18-35)9-13-33)27(37)34-14-10-22(11-15-34)21-4-6-24(7-5-21)28(29,30)31/h2-7,16,20,22,35H,8-15,17-18H2,1H3,(H,32,36). The predicted molar refractivity (Wildman–Crippen MR) is 135 cm³/mol. The highest BCUT2D eigenvalue weighted by Gasteiger charge is 2.31. The number of benzene rings is 2. The van der Waals surface area contributed by atoms with Crippen LogP contribution in [0, 0.1) is 12.8 Å². The molecule has 0 bridgehead atoms. The zero-order valence-corrected chi connectivity index (χ0v) is 21.1. The summed E-state index contributed by atoms with van der Waals surface area (Å²) < 4.78 is 38.5. The van der Waals surface area contributed by atoms with Crippen LogP contribution in [-0.4, -0.2) is 66.1 Å². The zero-order chi connectivity index (χ0) is 26.6. The van der Waals surface area contributed by atoms with Gasteiger partial charge in [0.05, 0.1) is 12.1 Å². The first kappa shape index (κ1) is 27.1. The van der Waals surface area contributed by atoms with Crippen molar-refractivity contribution in [2.45, 2.75) is 44.7 Å². The number of nitrogens with one attached hydrogen (secondary N) is 1. The number of carbonyl (C=O) groups excluding carboxylic acids is 2. The summed E-state index contributed by atoms with van der Waals surface area (Å²) in [6, 6.07) is 10.6. The number of piperidine rings is 2. The molecule has 0 aliphatic carbocycles. The van der Waals surface area contributed by atoms with Gasteiger partial charge >= 0.3 is 6.18 Å². The third kappa shape index (κ3) is 6.90. The van der Waals surface area contributed by atoms with Crippen LogP contribution in [0.15, 0.2) is 42.5 Å². The van der Waals surface area contributed by atoms with Crippen molar-refractivity contribution < 1.29 is 27.9 Å². The second-order valence-electron chi connectivity index (χ2n) is 10.2. The third-order valence-electron chi connectivity index (χ3n) is 7.58. The summed E-state index contributed by atoms with van der Waals surface area (Å²) in [5.74, 6) is 0.172. The summed E-state index contributed by atoms with van der Waals surface area (Å²) in [5.41, 5.74) is 2.18. The Morgan fingerprint density at radius 3 is 2.22 bits per heavy atom. The summed E-state index contributed by atoms with van der Waals surface area (Å²) in [6.45, 7) is 4.93. The largest absolute Gasteiger partial charge is 0.416 e. The lowest BCUT2D eigenvalue weighted by atomic mass is 9.88. The lowest BCUT2D eigenvalue weighted by Crippen LogP contribution is -2.40. The van der Waals surface area contributed by atoms with E-state index in [9.17, 15) is 27.9 Å². The molecule has 2 fully saturated rings. The van der Waals surface area contributed by atoms with Crippen molar-refractivity contribution in [3.05, 3.63) is 64.7 Å². The van der Waals surface area contributed by atoms with E-state index in [-0.39, 0.29) is 30.9 Å². The van der Waals surface area contributed by atoms with Crippen LogP contribution in [0.4, 0.5) is 18.9 Å². The summed E-state index contributed by atoms with van der Waals surface area (Å²) in [7, 11) is 0. The number of aliphatic hydroxyl groups is 1. The lowest BCUT2D eigenvalue weighted by Gasteiger charge is -2.32. The molecule has 2 aliphatic heterocycles. The van der Waals surface area contributed by atoms with Crippen LogP contribution in [0.2, 0.25) is 0 Å². The molecule has 2 amide bonds. The van der Waals surface area contributed by atoms with E-state index in [4.69, 9.17) is 0 Å². The number of rotatable bonds is 6. The van der Waals surface area contributed by atoms with E-state index in [1.807, 2.05) is 13.0 Å². The first-order valence-corrected chi connectivity index (χ1v) is 12.8. The fourth-order valence-electron chi connectivity index (χ4n) is 5.15. The molecule has 37 heavy (non-hydrogen) atoms. The van der Waals surface area contributed by atoms with Gasteiger partial charge in [0.2, 0.25) is 5.91 Å². The van der Waals surface area contributed by atoms with E-state index in [2.05, 4.69) is 10.2 Å². The number of nitrogens with zero attached hydrogens (tertiary/aromatic N) is 2. The van der Waals surface area contributed by atoms with Gasteiger partial charge in [-0.25, -0.2) is 0 Å². The second kappa shape index (κ2) is 11.6. The Labute approximate surface area is 215 Å². The second-order valence-corrected chi connectivity index (χ2v) is 10.2. The van der Waals surface area contributed by atoms with Crippen LogP contribution >= 0.6 is 0 Å². The molecule has 4 rings (SSSR count). The summed E-state index contributed by atoms with van der Waals surface area (Å²) >= 11 is 0. The topological polar surface area (TPSA) is 72.9 Å². The van der Waals surface area contributed by atoms with Crippen molar-refractivity contribution in [1.82, 2.24) is 9.80 Å². The van der Waals surface area contributed by atoms with Crippen molar-refractivity contribution in [3.63, 3.8) is 0 Å². The average Bonchev–Trinajstić information content (AvgIpc) is 2.89. The Balaban J connectivity index is 1.32. The SMILES string of the molecule is Cc1ccc(C(=O)N2CCC(c3ccc(C(F)(F)F)cc3)CC2)cc1NC(=O)CN1CCC(CO)CC1. The van der Waals surface area contributed by atoms with E-state index >= 15 is 0 Å². The van der Waals surface area contributed by atoms with E-state index in [1.165, 1.54) is 12.1 Å². The lowest BCUT2D eigenvalue weighted by molar-refractivity contribution is -0.137. The van der Waals surface area contributed by atoms with Crippen LogP contribution < -0.4 is 5.32 Å². The highest BCUT2D eigenvalue weighted by molar-refractivity contribution is 5.98. The number of anilines is 1. The Morgan fingerprint density at radius 1 is 0.973 bits per heavy atom. The monoisotopic (exact) mass is 517 g/mol. The van der Waals surface area contributed by atoms with E-state index in [1.54, 1.807) is 17.0 Å². The molecule has 0 radical (unpaired) electrons. The van der Waals surface area contributed by atoms with Gasteiger partial charge in [-0.05, 0) is 92.9 Å². The molecule has 0 saturated carbocycles. The molecule has 200 valence electrons. The maximum Gasteiger partial charge on any atom is 0.416 e. The minimum atomic E-state index is -4.35. The molecule has 0 atom stereocenters. The molecular formula is C28H34F3N3O3. The molecule has 9 heteroatoms. The maximum atomic E-state index is 13.2. The van der Waals surface area contributed by atoms with Crippen LogP contribution in [0.1, 0.15) is 58.6 Å². The molecule has 2 heterocycles. The number of halogens is 3. The van der Waals surface area contributed by atoms with Gasteiger partial charge in [0.15, 0.2) is 0 Å². The van der Waals surface area contributed by atoms with Crippen molar-refractivity contribution in [2.75, 3.05) is 44.6 Å². The van der Waals surface area contributed by atoms with Crippen LogP contribution in [-0.2, 0) is 11.0 Å². The number of likely N-dealkylation sites (tertiary alicyclic amines) is 2. The highest BCUT2D eigenvalue weighted by atomic mass is 19.4. The summed E-state index contributed by atoms with van der Waals surface area (Å²) in [6.07, 6.45) is -1.23. The van der Waals surface area contributed by atoms with Crippen LogP contribution in [0.3, 0.4) is 0 Å². The van der Waals surface area contributed by atoms with Crippen molar-refractivity contribution in [1.29, 1.82) is 0 Å². The summed E-state index contributed by atoms with van der Waals surface area (Å²) in [4.78, 5) is 29.7. The number of alkyl halides is 3. The molecule has 6 nitrogen and oxygen atoms in total. The smallest absolute Gasteiger partial charge is 0.396 e. The molecule has 2 N–H and O–H groups in total. The first-order valence-electron chi connectivity index (χ1n) is 12.8. The number of carbonyl (C=O) groups is 2. The first-order chi connectivity index (χ1) is 17.6. The van der Waals surface area contributed by atoms with Gasteiger partial charge in [-0.2, -0.15) is 13.2 Å². The minimum absolute atomic E-state index is 0.113. The number of aryl methyl sites for hydroxylation is 1.